The molecule has 0 bridgehead atoms. The molecule has 0 aliphatic heterocycles. The molecule has 1 N–H and O–H groups in total. The molecule has 1 aliphatic rings. The highest BCUT2D eigenvalue weighted by Crippen LogP contribution is 2.40. The van der Waals surface area contributed by atoms with Crippen molar-refractivity contribution in [3.63, 3.8) is 0 Å². The van der Waals surface area contributed by atoms with E-state index in [1.54, 1.807) is 23.9 Å². The zero-order valence-corrected chi connectivity index (χ0v) is 15.6. The van der Waals surface area contributed by atoms with Crippen molar-refractivity contribution in [2.24, 2.45) is 0 Å². The molecule has 1 amide bonds. The molecule has 3 aromatic heterocycles. The fourth-order valence-electron chi connectivity index (χ4n) is 3.10. The van der Waals surface area contributed by atoms with Gasteiger partial charge in [-0.1, -0.05) is 11.8 Å². The van der Waals surface area contributed by atoms with Crippen LogP contribution in [0.3, 0.4) is 0 Å². The minimum atomic E-state index is -0.229. The number of carbonyl (C=O) groups is 1. The van der Waals surface area contributed by atoms with Gasteiger partial charge in [-0.05, 0) is 50.3 Å². The minimum Gasteiger partial charge on any atom is -0.467 e. The fraction of sp³-hybridized carbons (Fsp3) is 0.389. The fourth-order valence-corrected chi connectivity index (χ4v) is 5.37. The monoisotopic (exact) mass is 373 g/mol. The first-order valence-electron chi connectivity index (χ1n) is 8.44. The van der Waals surface area contributed by atoms with E-state index in [1.807, 2.05) is 19.1 Å². The van der Waals surface area contributed by atoms with Crippen molar-refractivity contribution in [2.75, 3.05) is 0 Å². The van der Waals surface area contributed by atoms with Gasteiger partial charge in [0.2, 0.25) is 5.91 Å². The summed E-state index contributed by atoms with van der Waals surface area (Å²) in [5.74, 6) is 0.735. The summed E-state index contributed by atoms with van der Waals surface area (Å²) in [6.07, 6.45) is 7.92. The summed E-state index contributed by atoms with van der Waals surface area (Å²) >= 11 is 3.29. The molecule has 0 saturated carbocycles. The van der Waals surface area contributed by atoms with Gasteiger partial charge in [0.25, 0.3) is 0 Å². The van der Waals surface area contributed by atoms with Gasteiger partial charge in [-0.2, -0.15) is 0 Å². The Hall–Kier alpha value is -1.86. The number of thiophene rings is 1. The van der Waals surface area contributed by atoms with Gasteiger partial charge in [0.1, 0.15) is 21.9 Å². The van der Waals surface area contributed by atoms with Crippen molar-refractivity contribution < 1.29 is 9.21 Å². The molecule has 130 valence electrons. The molecule has 1 atom stereocenters. The largest absolute Gasteiger partial charge is 0.467 e. The second kappa shape index (κ2) is 7.17. The summed E-state index contributed by atoms with van der Waals surface area (Å²) < 4.78 is 5.25. The van der Waals surface area contributed by atoms with Crippen LogP contribution in [0.2, 0.25) is 0 Å². The Morgan fingerprint density at radius 3 is 3.12 bits per heavy atom. The van der Waals surface area contributed by atoms with E-state index in [9.17, 15) is 4.79 Å². The van der Waals surface area contributed by atoms with Crippen LogP contribution < -0.4 is 5.32 Å². The zero-order valence-electron chi connectivity index (χ0n) is 13.9. The summed E-state index contributed by atoms with van der Waals surface area (Å²) in [7, 11) is 0. The number of nitrogens with one attached hydrogen (secondary N) is 1. The Morgan fingerprint density at radius 1 is 1.40 bits per heavy atom. The number of furan rings is 1. The van der Waals surface area contributed by atoms with E-state index in [1.165, 1.54) is 35.0 Å². The third-order valence-electron chi connectivity index (χ3n) is 4.39. The van der Waals surface area contributed by atoms with E-state index in [0.29, 0.717) is 6.54 Å². The van der Waals surface area contributed by atoms with Crippen molar-refractivity contribution in [1.29, 1.82) is 0 Å². The molecule has 0 aromatic carbocycles. The molecule has 5 nitrogen and oxygen atoms in total. The van der Waals surface area contributed by atoms with Crippen molar-refractivity contribution in [3.8, 4) is 0 Å². The lowest BCUT2D eigenvalue weighted by atomic mass is 9.97. The maximum atomic E-state index is 12.4. The Morgan fingerprint density at radius 2 is 2.28 bits per heavy atom. The zero-order chi connectivity index (χ0) is 17.2. The molecule has 0 saturated heterocycles. The quantitative estimate of drug-likeness (QED) is 0.541. The molecule has 3 heterocycles. The number of aryl methyl sites for hydroxylation is 2. The van der Waals surface area contributed by atoms with Gasteiger partial charge < -0.3 is 9.73 Å². The van der Waals surface area contributed by atoms with E-state index in [0.717, 1.165) is 33.8 Å². The van der Waals surface area contributed by atoms with Crippen LogP contribution in [0.15, 0.2) is 34.2 Å². The Kier molecular flexibility index (Phi) is 4.76. The van der Waals surface area contributed by atoms with Crippen LogP contribution in [0.25, 0.3) is 10.2 Å². The number of hydrogen-bond acceptors (Lipinski definition) is 6. The molecule has 1 aliphatic carbocycles. The molecule has 0 spiro atoms. The van der Waals surface area contributed by atoms with Crippen LogP contribution in [0.5, 0.6) is 0 Å². The molecule has 3 aromatic rings. The average Bonchev–Trinajstić information content (AvgIpc) is 3.27. The number of thioether (sulfide) groups is 1. The molecular weight excluding hydrogens is 354 g/mol. The highest BCUT2D eigenvalue weighted by Gasteiger charge is 2.23. The van der Waals surface area contributed by atoms with E-state index >= 15 is 0 Å². The second-order valence-electron chi connectivity index (χ2n) is 6.13. The highest BCUT2D eigenvalue weighted by molar-refractivity contribution is 8.00. The lowest BCUT2D eigenvalue weighted by Crippen LogP contribution is -2.30. The molecule has 0 radical (unpaired) electrons. The highest BCUT2D eigenvalue weighted by atomic mass is 32.2. The van der Waals surface area contributed by atoms with Gasteiger partial charge in [-0.25, -0.2) is 9.97 Å². The maximum Gasteiger partial charge on any atom is 0.233 e. The van der Waals surface area contributed by atoms with Gasteiger partial charge in [-0.3, -0.25) is 4.79 Å². The van der Waals surface area contributed by atoms with Crippen LogP contribution in [-0.4, -0.2) is 21.1 Å². The first kappa shape index (κ1) is 16.6. The standard InChI is InChI=1S/C18H19N3O2S2/c1-11(16(22)19-9-12-5-4-8-23-12)24-17-15-13-6-2-3-7-14(13)25-18(15)21-10-20-17/h4-5,8,10-11H,2-3,6-7,9H2,1H3,(H,19,22)/t11-/m1/s1. The summed E-state index contributed by atoms with van der Waals surface area (Å²) in [6, 6.07) is 3.67. The first-order valence-corrected chi connectivity index (χ1v) is 10.1. The molecule has 0 fully saturated rings. The third kappa shape index (κ3) is 3.43. The van der Waals surface area contributed by atoms with Crippen molar-refractivity contribution in [1.82, 2.24) is 15.3 Å². The van der Waals surface area contributed by atoms with E-state index < -0.39 is 0 Å². The Balaban J connectivity index is 1.51. The molecule has 25 heavy (non-hydrogen) atoms. The van der Waals surface area contributed by atoms with E-state index in [2.05, 4.69) is 15.3 Å². The predicted molar refractivity (Wildman–Crippen MR) is 99.9 cm³/mol. The summed E-state index contributed by atoms with van der Waals surface area (Å²) in [5, 5.41) is 4.77. The van der Waals surface area contributed by atoms with Crippen molar-refractivity contribution in [3.05, 3.63) is 40.9 Å². The lowest BCUT2D eigenvalue weighted by Gasteiger charge is -2.13. The number of fused-ring (bicyclic) bond motifs is 3. The second-order valence-corrected chi connectivity index (χ2v) is 8.54. The van der Waals surface area contributed by atoms with Gasteiger partial charge in [0, 0.05) is 10.3 Å². The minimum absolute atomic E-state index is 0.0164. The SMILES string of the molecule is C[C@@H](Sc1ncnc2sc3c(c12)CCCC3)C(=O)NCc1ccco1. The van der Waals surface area contributed by atoms with E-state index in [4.69, 9.17) is 4.42 Å². The smallest absolute Gasteiger partial charge is 0.233 e. The summed E-state index contributed by atoms with van der Waals surface area (Å²) in [5.41, 5.74) is 1.40. The lowest BCUT2D eigenvalue weighted by molar-refractivity contribution is -0.120. The van der Waals surface area contributed by atoms with Gasteiger partial charge >= 0.3 is 0 Å². The molecular formula is C18H19N3O2S2. The normalized spacial score (nSPS) is 15.1. The number of carbonyl (C=O) groups excluding carboxylic acids is 1. The van der Waals surface area contributed by atoms with Crippen LogP contribution in [0, 0.1) is 0 Å². The van der Waals surface area contributed by atoms with Gasteiger partial charge in [0.15, 0.2) is 0 Å². The van der Waals surface area contributed by atoms with Crippen molar-refractivity contribution in [2.45, 2.75) is 49.4 Å². The number of hydrogen-bond donors (Lipinski definition) is 1. The van der Waals surface area contributed by atoms with Crippen LogP contribution in [0.1, 0.15) is 36.0 Å². The predicted octanol–water partition coefficient (Wildman–Crippen LogP) is 3.96. The van der Waals surface area contributed by atoms with Gasteiger partial charge in [-0.15, -0.1) is 11.3 Å². The number of aromatic nitrogens is 2. The molecule has 4 rings (SSSR count). The number of amides is 1. The average molecular weight is 374 g/mol. The van der Waals surface area contributed by atoms with Crippen molar-refractivity contribution >= 4 is 39.2 Å². The van der Waals surface area contributed by atoms with Gasteiger partial charge in [0.05, 0.1) is 18.1 Å². The topological polar surface area (TPSA) is 68.0 Å². The number of rotatable bonds is 5. The third-order valence-corrected chi connectivity index (χ3v) is 6.69. The van der Waals surface area contributed by atoms with Crippen LogP contribution in [-0.2, 0) is 24.2 Å². The molecule has 7 heteroatoms. The Bertz CT molecular complexity index is 889. The Labute approximate surface area is 154 Å². The van der Waals surface area contributed by atoms with Crippen LogP contribution in [0.4, 0.5) is 0 Å². The van der Waals surface area contributed by atoms with E-state index in [-0.39, 0.29) is 11.2 Å². The van der Waals surface area contributed by atoms with Crippen LogP contribution >= 0.6 is 23.1 Å². The maximum absolute atomic E-state index is 12.4. The summed E-state index contributed by atoms with van der Waals surface area (Å²) in [6.45, 7) is 2.32. The summed E-state index contributed by atoms with van der Waals surface area (Å²) in [4.78, 5) is 23.8. The number of nitrogens with zero attached hydrogens (tertiary/aromatic N) is 2. The first-order chi connectivity index (χ1) is 12.2. The molecule has 0 unspecified atom stereocenters.